The number of nitrogens with one attached hydrogen (secondary N) is 1. The second-order valence-corrected chi connectivity index (χ2v) is 9.43. The van der Waals surface area contributed by atoms with Gasteiger partial charge in [-0.25, -0.2) is 24.7 Å². The molecule has 3 aromatic heterocycles. The van der Waals surface area contributed by atoms with E-state index in [1.807, 2.05) is 63.2 Å². The predicted molar refractivity (Wildman–Crippen MR) is 144 cm³/mol. The molecule has 38 heavy (non-hydrogen) atoms. The number of aromatic nitrogens is 6. The highest BCUT2D eigenvalue weighted by atomic mass is 16.6. The number of carbonyl (C=O) groups excluding carboxylic acids is 1. The highest BCUT2D eigenvalue weighted by Gasteiger charge is 2.20. The van der Waals surface area contributed by atoms with Crippen molar-refractivity contribution in [2.24, 2.45) is 0 Å². The summed E-state index contributed by atoms with van der Waals surface area (Å²) in [5, 5.41) is 8.18. The van der Waals surface area contributed by atoms with Gasteiger partial charge in [-0.3, -0.25) is 0 Å². The minimum Gasteiger partial charge on any atom is -0.442 e. The fraction of sp³-hybridized carbons (Fsp3) is 0.172. The van der Waals surface area contributed by atoms with Crippen LogP contribution >= 0.6 is 0 Å². The van der Waals surface area contributed by atoms with Crippen molar-refractivity contribution in [3.05, 3.63) is 96.1 Å². The topological polar surface area (TPSA) is 108 Å². The molecule has 9 heteroatoms. The Morgan fingerprint density at radius 3 is 2.61 bits per heavy atom. The minimum absolute atomic E-state index is 0.455. The molecule has 0 aliphatic rings. The quantitative estimate of drug-likeness (QED) is 0.339. The van der Waals surface area contributed by atoms with Gasteiger partial charge in [0, 0.05) is 29.9 Å². The van der Waals surface area contributed by atoms with Crippen molar-refractivity contribution in [2.45, 2.75) is 32.9 Å². The average Bonchev–Trinajstić information content (AvgIpc) is 3.34. The number of fused-ring (bicyclic) bond motifs is 1. The highest BCUT2D eigenvalue weighted by Crippen LogP contribution is 2.18. The number of ether oxygens (including phenoxy) is 1. The van der Waals surface area contributed by atoms with Crippen LogP contribution in [-0.2, 0) is 11.3 Å². The summed E-state index contributed by atoms with van der Waals surface area (Å²) in [6, 6.07) is 19.0. The molecular formula is C29H25N7O2. The molecule has 5 rings (SSSR count). The Kier molecular flexibility index (Phi) is 6.78. The highest BCUT2D eigenvalue weighted by molar-refractivity contribution is 5.88. The van der Waals surface area contributed by atoms with E-state index in [9.17, 15) is 4.79 Å². The Hall–Kier alpha value is -5.10. The zero-order chi connectivity index (χ0) is 26.5. The van der Waals surface area contributed by atoms with Gasteiger partial charge in [-0.2, -0.15) is 9.78 Å². The van der Waals surface area contributed by atoms with Gasteiger partial charge in [0.15, 0.2) is 5.82 Å². The molecule has 0 fully saturated rings. The Balaban J connectivity index is 1.32. The van der Waals surface area contributed by atoms with Gasteiger partial charge in [0.05, 0.1) is 11.7 Å². The van der Waals surface area contributed by atoms with Crippen LogP contribution in [0.2, 0.25) is 0 Å². The van der Waals surface area contributed by atoms with Crippen molar-refractivity contribution in [1.29, 1.82) is 0 Å². The summed E-state index contributed by atoms with van der Waals surface area (Å²) in [5.74, 6) is 7.15. The van der Waals surface area contributed by atoms with Crippen LogP contribution in [0.5, 0.6) is 0 Å². The maximum atomic E-state index is 12.4. The Morgan fingerprint density at radius 1 is 0.974 bits per heavy atom. The first-order valence-electron chi connectivity index (χ1n) is 12.0. The lowest BCUT2D eigenvalue weighted by atomic mass is 10.1. The molecule has 0 spiro atoms. The second-order valence-electron chi connectivity index (χ2n) is 9.43. The molecule has 3 heterocycles. The number of rotatable bonds is 4. The molecule has 9 nitrogen and oxygen atoms in total. The van der Waals surface area contributed by atoms with Gasteiger partial charge in [0.1, 0.15) is 17.0 Å². The molecule has 188 valence electrons. The molecular weight excluding hydrogens is 478 g/mol. The van der Waals surface area contributed by atoms with Crippen LogP contribution in [0.15, 0.2) is 79.3 Å². The SMILES string of the molecule is CC(C)(C)OC(=O)n1ncc2cc(C#Cc3ccnc(-c4ccnc(NCc5ccccc5)n4)n3)ccc21. The molecule has 0 aliphatic carbocycles. The molecule has 2 aromatic carbocycles. The van der Waals surface area contributed by atoms with E-state index in [0.717, 1.165) is 16.5 Å². The second kappa shape index (κ2) is 10.5. The van der Waals surface area contributed by atoms with Crippen LogP contribution < -0.4 is 5.32 Å². The van der Waals surface area contributed by atoms with Crippen molar-refractivity contribution < 1.29 is 9.53 Å². The first-order chi connectivity index (χ1) is 18.3. The minimum atomic E-state index is -0.608. The lowest BCUT2D eigenvalue weighted by Gasteiger charge is -2.19. The zero-order valence-electron chi connectivity index (χ0n) is 21.2. The van der Waals surface area contributed by atoms with Gasteiger partial charge in [-0.05, 0) is 62.6 Å². The van der Waals surface area contributed by atoms with Crippen molar-refractivity contribution in [2.75, 3.05) is 5.32 Å². The summed E-state index contributed by atoms with van der Waals surface area (Å²) in [6.07, 6.45) is 4.41. The average molecular weight is 504 g/mol. The summed E-state index contributed by atoms with van der Waals surface area (Å²) in [7, 11) is 0. The normalized spacial score (nSPS) is 11.0. The van der Waals surface area contributed by atoms with Gasteiger partial charge in [0.2, 0.25) is 5.95 Å². The lowest BCUT2D eigenvalue weighted by molar-refractivity contribution is 0.0522. The molecule has 0 aliphatic heterocycles. The summed E-state index contributed by atoms with van der Waals surface area (Å²) >= 11 is 0. The molecule has 5 aromatic rings. The van der Waals surface area contributed by atoms with Crippen molar-refractivity contribution in [3.8, 4) is 23.4 Å². The van der Waals surface area contributed by atoms with Crippen LogP contribution in [0.1, 0.15) is 37.6 Å². The number of hydrogen-bond acceptors (Lipinski definition) is 8. The van der Waals surface area contributed by atoms with Crippen molar-refractivity contribution >= 4 is 22.9 Å². The summed E-state index contributed by atoms with van der Waals surface area (Å²) < 4.78 is 6.67. The van der Waals surface area contributed by atoms with E-state index < -0.39 is 11.7 Å². The molecule has 0 radical (unpaired) electrons. The zero-order valence-corrected chi connectivity index (χ0v) is 21.2. The van der Waals surface area contributed by atoms with E-state index in [0.29, 0.717) is 35.2 Å². The van der Waals surface area contributed by atoms with Gasteiger partial charge in [0.25, 0.3) is 0 Å². The number of hydrogen-bond donors (Lipinski definition) is 1. The number of nitrogens with zero attached hydrogens (tertiary/aromatic N) is 6. The van der Waals surface area contributed by atoms with E-state index in [1.54, 1.807) is 36.8 Å². The smallest absolute Gasteiger partial charge is 0.435 e. The first-order valence-corrected chi connectivity index (χ1v) is 12.0. The maximum absolute atomic E-state index is 12.4. The monoisotopic (exact) mass is 503 g/mol. The number of anilines is 1. The van der Waals surface area contributed by atoms with Gasteiger partial charge >= 0.3 is 6.09 Å². The Morgan fingerprint density at radius 2 is 1.79 bits per heavy atom. The maximum Gasteiger partial charge on any atom is 0.435 e. The van der Waals surface area contributed by atoms with Crippen molar-refractivity contribution in [3.63, 3.8) is 0 Å². The molecule has 0 atom stereocenters. The van der Waals surface area contributed by atoms with E-state index >= 15 is 0 Å². The van der Waals surface area contributed by atoms with Crippen LogP contribution in [0.3, 0.4) is 0 Å². The van der Waals surface area contributed by atoms with Crippen molar-refractivity contribution in [1.82, 2.24) is 29.7 Å². The third-order valence-corrected chi connectivity index (χ3v) is 5.30. The molecule has 0 bridgehead atoms. The van der Waals surface area contributed by atoms with E-state index in [-0.39, 0.29) is 0 Å². The fourth-order valence-electron chi connectivity index (χ4n) is 3.59. The molecule has 1 N–H and O–H groups in total. The number of carbonyl (C=O) groups is 1. The molecule has 0 unspecified atom stereocenters. The van der Waals surface area contributed by atoms with Crippen LogP contribution in [0, 0.1) is 11.8 Å². The van der Waals surface area contributed by atoms with E-state index in [2.05, 4.69) is 42.2 Å². The van der Waals surface area contributed by atoms with Gasteiger partial charge < -0.3 is 10.1 Å². The van der Waals surface area contributed by atoms with Gasteiger partial charge in [-0.1, -0.05) is 36.3 Å². The lowest BCUT2D eigenvalue weighted by Crippen LogP contribution is -2.27. The predicted octanol–water partition coefficient (Wildman–Crippen LogP) is 5.08. The third kappa shape index (κ3) is 5.99. The Bertz CT molecular complexity index is 1660. The largest absolute Gasteiger partial charge is 0.442 e. The summed E-state index contributed by atoms with van der Waals surface area (Å²) in [4.78, 5) is 30.2. The molecule has 0 saturated carbocycles. The first kappa shape index (κ1) is 24.6. The number of benzene rings is 2. The standard InChI is InChI=1S/C29H25N7O2/c1-29(2,3)38-28(37)36-25-12-10-20(17-22(25)19-33-36)9-11-23-13-15-30-26(34-23)24-14-16-31-27(35-24)32-18-21-7-5-4-6-8-21/h4-8,10,12-17,19H,18H2,1-3H3,(H,31,32,35). The summed E-state index contributed by atoms with van der Waals surface area (Å²) in [5.41, 5.74) is 3.08. The van der Waals surface area contributed by atoms with Gasteiger partial charge in [-0.15, -0.1) is 0 Å². The van der Waals surface area contributed by atoms with Crippen LogP contribution in [-0.4, -0.2) is 41.4 Å². The van der Waals surface area contributed by atoms with Crippen LogP contribution in [0.25, 0.3) is 22.4 Å². The molecule has 0 amide bonds. The van der Waals surface area contributed by atoms with E-state index in [1.165, 1.54) is 4.68 Å². The fourth-order valence-corrected chi connectivity index (χ4v) is 3.59. The van der Waals surface area contributed by atoms with Crippen LogP contribution in [0.4, 0.5) is 10.7 Å². The summed E-state index contributed by atoms with van der Waals surface area (Å²) in [6.45, 7) is 6.05. The van der Waals surface area contributed by atoms with E-state index in [4.69, 9.17) is 4.74 Å². The third-order valence-electron chi connectivity index (χ3n) is 5.30. The Labute approximate surface area is 220 Å². The molecule has 0 saturated heterocycles.